The lowest BCUT2D eigenvalue weighted by Gasteiger charge is -2.30. The van der Waals surface area contributed by atoms with Crippen molar-refractivity contribution in [3.8, 4) is 0 Å². The van der Waals surface area contributed by atoms with E-state index >= 15 is 0 Å². The third kappa shape index (κ3) is 2.54. The number of para-hydroxylation sites is 1. The lowest BCUT2D eigenvalue weighted by atomic mass is 9.97. The summed E-state index contributed by atoms with van der Waals surface area (Å²) in [6.07, 6.45) is 0.804. The maximum atomic E-state index is 12.3. The van der Waals surface area contributed by atoms with Gasteiger partial charge in [-0.2, -0.15) is 0 Å². The molecule has 1 aromatic carbocycles. The third-order valence-electron chi connectivity index (χ3n) is 3.69. The topological polar surface area (TPSA) is 75.4 Å². The summed E-state index contributed by atoms with van der Waals surface area (Å²) in [6, 6.07) is 6.40. The second-order valence-corrected chi connectivity index (χ2v) is 4.94. The lowest BCUT2D eigenvalue weighted by Crippen LogP contribution is -2.50. The highest BCUT2D eigenvalue weighted by atomic mass is 16.2. The summed E-state index contributed by atoms with van der Waals surface area (Å²) in [5.74, 6) is -0.111. The maximum Gasteiger partial charge on any atom is 0.315 e. The quantitative estimate of drug-likeness (QED) is 0.853. The molecule has 0 fully saturated rings. The van der Waals surface area contributed by atoms with Crippen LogP contribution in [0.3, 0.4) is 0 Å². The average molecular weight is 261 g/mol. The van der Waals surface area contributed by atoms with Gasteiger partial charge in [0.25, 0.3) is 0 Å². The Bertz CT molecular complexity index is 501. The number of carbonyl (C=O) groups excluding carboxylic acids is 2. The zero-order valence-corrected chi connectivity index (χ0v) is 11.2. The SMILES string of the molecule is CCC(C)C1C(=O)Nc2ccccc2CN1C(N)=O. The summed E-state index contributed by atoms with van der Waals surface area (Å²) in [5, 5.41) is 2.88. The van der Waals surface area contributed by atoms with Gasteiger partial charge >= 0.3 is 6.03 Å². The minimum absolute atomic E-state index is 0.0572. The molecule has 0 saturated heterocycles. The molecule has 0 bridgehead atoms. The van der Waals surface area contributed by atoms with Crippen molar-refractivity contribution < 1.29 is 9.59 Å². The highest BCUT2D eigenvalue weighted by Gasteiger charge is 2.35. The maximum absolute atomic E-state index is 12.3. The molecule has 0 aromatic heterocycles. The molecule has 1 heterocycles. The van der Waals surface area contributed by atoms with Crippen LogP contribution in [0.4, 0.5) is 10.5 Å². The Morgan fingerprint density at radius 1 is 1.53 bits per heavy atom. The fraction of sp³-hybridized carbons (Fsp3) is 0.429. The van der Waals surface area contributed by atoms with Crippen LogP contribution in [0.15, 0.2) is 24.3 Å². The summed E-state index contributed by atoms with van der Waals surface area (Å²) in [7, 11) is 0. The number of amides is 3. The number of benzene rings is 1. The van der Waals surface area contributed by atoms with Crippen molar-refractivity contribution in [2.24, 2.45) is 11.7 Å². The number of nitrogens with two attached hydrogens (primary N) is 1. The summed E-state index contributed by atoms with van der Waals surface area (Å²) in [5.41, 5.74) is 7.10. The molecule has 0 radical (unpaired) electrons. The van der Waals surface area contributed by atoms with Crippen molar-refractivity contribution in [3.05, 3.63) is 29.8 Å². The van der Waals surface area contributed by atoms with Crippen LogP contribution in [-0.2, 0) is 11.3 Å². The second kappa shape index (κ2) is 5.30. The first-order chi connectivity index (χ1) is 9.04. The molecule has 2 rings (SSSR count). The van der Waals surface area contributed by atoms with Crippen LogP contribution in [0, 0.1) is 5.92 Å². The lowest BCUT2D eigenvalue weighted by molar-refractivity contribution is -0.121. The van der Waals surface area contributed by atoms with Crippen LogP contribution in [-0.4, -0.2) is 22.9 Å². The molecule has 0 spiro atoms. The molecule has 0 saturated carbocycles. The van der Waals surface area contributed by atoms with Gasteiger partial charge in [0.2, 0.25) is 5.91 Å². The van der Waals surface area contributed by atoms with Crippen LogP contribution >= 0.6 is 0 Å². The fourth-order valence-electron chi connectivity index (χ4n) is 2.41. The Hall–Kier alpha value is -2.04. The standard InChI is InChI=1S/C14H19N3O2/c1-3-9(2)12-13(18)16-11-7-5-4-6-10(11)8-17(12)14(15)19/h4-7,9,12H,3,8H2,1-2H3,(H2,15,19)(H,16,18). The largest absolute Gasteiger partial charge is 0.351 e. The van der Waals surface area contributed by atoms with Gasteiger partial charge in [-0.3, -0.25) is 4.79 Å². The van der Waals surface area contributed by atoms with Crippen LogP contribution < -0.4 is 11.1 Å². The number of hydrogen-bond donors (Lipinski definition) is 2. The molecule has 19 heavy (non-hydrogen) atoms. The molecule has 1 aliphatic rings. The van der Waals surface area contributed by atoms with Crippen molar-refractivity contribution in [2.45, 2.75) is 32.9 Å². The average Bonchev–Trinajstić information content (AvgIpc) is 2.53. The van der Waals surface area contributed by atoms with Crippen LogP contribution in [0.5, 0.6) is 0 Å². The number of urea groups is 1. The van der Waals surface area contributed by atoms with E-state index in [1.54, 1.807) is 0 Å². The van der Waals surface area contributed by atoms with E-state index in [-0.39, 0.29) is 11.8 Å². The van der Waals surface area contributed by atoms with E-state index in [1.165, 1.54) is 4.90 Å². The molecule has 3 amide bonds. The molecule has 1 aromatic rings. The zero-order chi connectivity index (χ0) is 14.0. The van der Waals surface area contributed by atoms with Crippen molar-refractivity contribution >= 4 is 17.6 Å². The molecule has 0 aliphatic carbocycles. The van der Waals surface area contributed by atoms with E-state index in [4.69, 9.17) is 5.73 Å². The van der Waals surface area contributed by atoms with Gasteiger partial charge in [0.1, 0.15) is 6.04 Å². The zero-order valence-electron chi connectivity index (χ0n) is 11.2. The van der Waals surface area contributed by atoms with Gasteiger partial charge in [-0.15, -0.1) is 0 Å². The number of nitrogens with one attached hydrogen (secondary N) is 1. The van der Waals surface area contributed by atoms with Crippen molar-refractivity contribution in [3.63, 3.8) is 0 Å². The van der Waals surface area contributed by atoms with Crippen molar-refractivity contribution in [1.82, 2.24) is 4.90 Å². The highest BCUT2D eigenvalue weighted by molar-refractivity contribution is 5.98. The van der Waals surface area contributed by atoms with Gasteiger partial charge in [0, 0.05) is 5.69 Å². The Labute approximate surface area is 112 Å². The first-order valence-corrected chi connectivity index (χ1v) is 6.49. The number of nitrogens with zero attached hydrogens (tertiary/aromatic N) is 1. The van der Waals surface area contributed by atoms with Gasteiger partial charge in [-0.25, -0.2) is 4.79 Å². The molecular formula is C14H19N3O2. The van der Waals surface area contributed by atoms with E-state index in [9.17, 15) is 9.59 Å². The predicted octanol–water partition coefficient (Wildman–Crippen LogP) is 1.93. The van der Waals surface area contributed by atoms with Gasteiger partial charge in [0.15, 0.2) is 0 Å². The molecule has 2 unspecified atom stereocenters. The Kier molecular flexibility index (Phi) is 3.74. The minimum atomic E-state index is -0.558. The molecule has 102 valence electrons. The van der Waals surface area contributed by atoms with Crippen LogP contribution in [0.1, 0.15) is 25.8 Å². The van der Waals surface area contributed by atoms with Gasteiger partial charge in [-0.05, 0) is 17.5 Å². The van der Waals surface area contributed by atoms with Crippen molar-refractivity contribution in [2.75, 3.05) is 5.32 Å². The van der Waals surface area contributed by atoms with Crippen molar-refractivity contribution in [1.29, 1.82) is 0 Å². The van der Waals surface area contributed by atoms with E-state index in [2.05, 4.69) is 5.32 Å². The third-order valence-corrected chi connectivity index (χ3v) is 3.69. The van der Waals surface area contributed by atoms with Gasteiger partial charge in [0.05, 0.1) is 6.54 Å². The Morgan fingerprint density at radius 2 is 2.21 bits per heavy atom. The van der Waals surface area contributed by atoms with Crippen LogP contribution in [0.25, 0.3) is 0 Å². The molecule has 5 nitrogen and oxygen atoms in total. The summed E-state index contributed by atoms with van der Waals surface area (Å²) < 4.78 is 0. The normalized spacial score (nSPS) is 20.2. The Balaban J connectivity index is 2.42. The summed E-state index contributed by atoms with van der Waals surface area (Å²) in [6.45, 7) is 4.31. The van der Waals surface area contributed by atoms with Gasteiger partial charge < -0.3 is 16.0 Å². The van der Waals surface area contributed by atoms with E-state index in [0.29, 0.717) is 6.54 Å². The number of hydrogen-bond acceptors (Lipinski definition) is 2. The van der Waals surface area contributed by atoms with E-state index in [1.807, 2.05) is 38.1 Å². The monoisotopic (exact) mass is 261 g/mol. The number of carbonyl (C=O) groups is 2. The number of fused-ring (bicyclic) bond motifs is 1. The van der Waals surface area contributed by atoms with E-state index < -0.39 is 12.1 Å². The number of anilines is 1. The Morgan fingerprint density at radius 3 is 2.84 bits per heavy atom. The highest BCUT2D eigenvalue weighted by Crippen LogP contribution is 2.26. The summed E-state index contributed by atoms with van der Waals surface area (Å²) >= 11 is 0. The first-order valence-electron chi connectivity index (χ1n) is 6.49. The van der Waals surface area contributed by atoms with Gasteiger partial charge in [-0.1, -0.05) is 38.5 Å². The molecular weight excluding hydrogens is 242 g/mol. The second-order valence-electron chi connectivity index (χ2n) is 4.94. The molecule has 5 heteroatoms. The molecule has 3 N–H and O–H groups in total. The molecule has 1 aliphatic heterocycles. The molecule has 2 atom stereocenters. The minimum Gasteiger partial charge on any atom is -0.351 e. The first kappa shape index (κ1) is 13.4. The smallest absolute Gasteiger partial charge is 0.315 e. The number of primary amides is 1. The number of rotatable bonds is 2. The summed E-state index contributed by atoms with van der Waals surface area (Å²) in [4.78, 5) is 25.4. The fourth-order valence-corrected chi connectivity index (χ4v) is 2.41. The van der Waals surface area contributed by atoms with Crippen LogP contribution in [0.2, 0.25) is 0 Å². The predicted molar refractivity (Wildman–Crippen MR) is 73.4 cm³/mol. The van der Waals surface area contributed by atoms with E-state index in [0.717, 1.165) is 17.7 Å².